The maximum absolute atomic E-state index is 14.2. The van der Waals surface area contributed by atoms with Crippen LogP contribution >= 0.6 is 0 Å². The molecule has 432 valence electrons. The lowest BCUT2D eigenvalue weighted by Gasteiger charge is -2.48. The van der Waals surface area contributed by atoms with Gasteiger partial charge in [0.25, 0.3) is 11.2 Å². The summed E-state index contributed by atoms with van der Waals surface area (Å²) in [5.74, 6) is 0.103. The molecule has 2 unspecified atom stereocenters. The minimum atomic E-state index is -5.90. The van der Waals surface area contributed by atoms with Crippen LogP contribution in [0.5, 0.6) is 0 Å². The molecule has 4 fully saturated rings. The molecule has 0 spiro atoms. The van der Waals surface area contributed by atoms with Crippen molar-refractivity contribution in [3.05, 3.63) is 24.3 Å². The van der Waals surface area contributed by atoms with Crippen molar-refractivity contribution in [1.29, 1.82) is 0 Å². The molecule has 0 radical (unpaired) electrons. The molecular formula is C54H88F12O6Si2. The first-order valence-electron chi connectivity index (χ1n) is 26.5. The summed E-state index contributed by atoms with van der Waals surface area (Å²) in [7, 11) is -5.10. The van der Waals surface area contributed by atoms with Crippen molar-refractivity contribution in [1.82, 2.24) is 0 Å². The number of allylic oxidation sites excluding steroid dienone is 2. The molecule has 4 aliphatic carbocycles. The van der Waals surface area contributed by atoms with E-state index in [0.717, 1.165) is 57.1 Å². The van der Waals surface area contributed by atoms with Gasteiger partial charge in [-0.05, 0) is 203 Å². The molecule has 4 rings (SSSR count). The summed E-state index contributed by atoms with van der Waals surface area (Å²) in [5, 5.41) is 19.6. The molecule has 0 bridgehead atoms. The highest BCUT2D eigenvalue weighted by atomic mass is 28.4. The van der Waals surface area contributed by atoms with Crippen LogP contribution in [-0.2, 0) is 18.4 Å². The number of carbonyl (C=O) groups is 2. The molecule has 4 aliphatic rings. The number of ketones is 2. The van der Waals surface area contributed by atoms with Crippen molar-refractivity contribution >= 4 is 28.2 Å². The minimum Gasteiger partial charge on any atom is -0.413 e. The Morgan fingerprint density at radius 1 is 0.541 bits per heavy atom. The lowest BCUT2D eigenvalue weighted by Crippen LogP contribution is -2.61. The highest BCUT2D eigenvalue weighted by Crippen LogP contribution is 2.64. The SMILES string of the molecule is CC(C)(CCC[C@](C)(C/C=C\C(O[Si](C)(C)C)(C(F)(F)F)C(F)(F)F)[C@H]1CCC2C(=O)CCC[C@@]21C)O[Si](C)(C)C.CC(C)(O)CCC[C@](C)(C/C=C\C(O)(C(F)(F)F)C(F)(F)F)[C@H]1CCC2C(=O)CCC[C@@]21C. The maximum atomic E-state index is 14.2. The van der Waals surface area contributed by atoms with Crippen LogP contribution in [0.3, 0.4) is 0 Å². The number of hydrogen-bond donors (Lipinski definition) is 2. The Kier molecular flexibility index (Phi) is 20.5. The maximum Gasteiger partial charge on any atom is 0.429 e. The van der Waals surface area contributed by atoms with Gasteiger partial charge in [-0.3, -0.25) is 9.59 Å². The predicted molar refractivity (Wildman–Crippen MR) is 269 cm³/mol. The van der Waals surface area contributed by atoms with Crippen LogP contribution in [0.15, 0.2) is 24.3 Å². The number of alkyl halides is 12. The summed E-state index contributed by atoms with van der Waals surface area (Å²) in [6.07, 6.45) is -10.9. The van der Waals surface area contributed by atoms with Crippen molar-refractivity contribution in [2.24, 2.45) is 45.3 Å². The molecule has 0 aliphatic heterocycles. The fourth-order valence-corrected chi connectivity index (χ4v) is 17.1. The summed E-state index contributed by atoms with van der Waals surface area (Å²) < 4.78 is 175. The van der Waals surface area contributed by atoms with Crippen LogP contribution in [0.1, 0.15) is 171 Å². The first-order valence-corrected chi connectivity index (χ1v) is 33.3. The number of halogens is 12. The average Bonchev–Trinajstić information content (AvgIpc) is 3.73. The largest absolute Gasteiger partial charge is 0.429 e. The van der Waals surface area contributed by atoms with E-state index in [1.807, 2.05) is 34.6 Å². The molecule has 6 nitrogen and oxygen atoms in total. The van der Waals surface area contributed by atoms with Crippen LogP contribution in [0.2, 0.25) is 39.3 Å². The second-order valence-corrected chi connectivity index (χ2v) is 35.6. The fourth-order valence-electron chi connectivity index (χ4n) is 14.0. The number of carbonyl (C=O) groups excluding carboxylic acids is 2. The fraction of sp³-hybridized carbons (Fsp3) is 0.889. The van der Waals surface area contributed by atoms with Gasteiger partial charge in [0.15, 0.2) is 16.6 Å². The third kappa shape index (κ3) is 15.8. The highest BCUT2D eigenvalue weighted by molar-refractivity contribution is 6.70. The van der Waals surface area contributed by atoms with Crippen LogP contribution in [0.25, 0.3) is 0 Å². The first kappa shape index (κ1) is 66.5. The van der Waals surface area contributed by atoms with Gasteiger partial charge in [0.1, 0.15) is 11.6 Å². The van der Waals surface area contributed by atoms with Crippen LogP contribution in [0, 0.1) is 45.3 Å². The lowest BCUT2D eigenvalue weighted by molar-refractivity contribution is -0.347. The molecule has 0 saturated heterocycles. The molecule has 4 saturated carbocycles. The zero-order valence-corrected chi connectivity index (χ0v) is 48.4. The van der Waals surface area contributed by atoms with E-state index >= 15 is 0 Å². The molecule has 0 amide bonds. The average molecular weight is 1120 g/mol. The second-order valence-electron chi connectivity index (χ2n) is 26.7. The Bertz CT molecular complexity index is 1930. The monoisotopic (exact) mass is 1120 g/mol. The van der Waals surface area contributed by atoms with E-state index in [4.69, 9.17) is 8.85 Å². The normalized spacial score (nSPS) is 28.0. The quantitative estimate of drug-likeness (QED) is 0.0717. The Hall–Kier alpha value is -1.75. The molecule has 74 heavy (non-hydrogen) atoms. The minimum absolute atomic E-state index is 0.000922. The Morgan fingerprint density at radius 3 is 1.24 bits per heavy atom. The zero-order chi connectivity index (χ0) is 57.4. The standard InChI is InChI=1S/C30H52F6O3Si2.C24H36F6O3/c1-25(2,38-40(5,6)7)17-12-18-26(3,24-16-15-22-23(37)14-11-20-27(22,24)4)19-13-21-28(29(31,32)33,30(34,35)36)39-41(8,9)10;1-19(2,32)11-6-12-20(3,13-7-15-22(33,23(25,26)27)24(28,29)30)18-10-9-16-17(31)8-5-14-21(16,18)4/h13,21-22,24H,11-12,14-20H2,1-10H3;7,15-16,18,32-33H,5-6,8-14H2,1-4H3/b21-13-;15-7-/t22?,24-,26-,27+;16?,18-,20-,21+/m11/s1. The highest BCUT2D eigenvalue weighted by Gasteiger charge is 2.72. The summed E-state index contributed by atoms with van der Waals surface area (Å²) >= 11 is 0. The molecular weight excluding hydrogens is 1030 g/mol. The number of hydrogen-bond acceptors (Lipinski definition) is 6. The number of Topliss-reactive ketones (excluding diaryl/α,β-unsaturated/α-hetero) is 2. The van der Waals surface area contributed by atoms with Gasteiger partial charge in [-0.15, -0.1) is 0 Å². The van der Waals surface area contributed by atoms with Crippen molar-refractivity contribution in [2.45, 2.75) is 257 Å². The van der Waals surface area contributed by atoms with E-state index in [2.05, 4.69) is 26.6 Å². The molecule has 0 aromatic rings. The number of fused-ring (bicyclic) bond motifs is 2. The predicted octanol–water partition coefficient (Wildman–Crippen LogP) is 16.8. The van der Waals surface area contributed by atoms with Crippen LogP contribution in [-0.4, -0.2) is 85.5 Å². The molecule has 20 heteroatoms. The van der Waals surface area contributed by atoms with Gasteiger partial charge in [-0.2, -0.15) is 52.7 Å². The van der Waals surface area contributed by atoms with Gasteiger partial charge < -0.3 is 19.1 Å². The summed E-state index contributed by atoms with van der Waals surface area (Å²) in [4.78, 5) is 25.4. The molecule has 0 aromatic heterocycles. The zero-order valence-electron chi connectivity index (χ0n) is 46.4. The first-order chi connectivity index (χ1) is 33.0. The van der Waals surface area contributed by atoms with Gasteiger partial charge in [0, 0.05) is 24.7 Å². The van der Waals surface area contributed by atoms with Crippen molar-refractivity contribution in [2.75, 3.05) is 0 Å². The van der Waals surface area contributed by atoms with Crippen LogP contribution in [0.4, 0.5) is 52.7 Å². The van der Waals surface area contributed by atoms with E-state index < -0.39 is 74.6 Å². The summed E-state index contributed by atoms with van der Waals surface area (Å²) in [6.45, 7) is 25.6. The van der Waals surface area contributed by atoms with Gasteiger partial charge in [0.2, 0.25) is 0 Å². The Labute approximate surface area is 435 Å². The molecule has 0 heterocycles. The third-order valence-corrected chi connectivity index (χ3v) is 19.2. The van der Waals surface area contributed by atoms with Gasteiger partial charge >= 0.3 is 24.7 Å². The molecule has 0 aromatic carbocycles. The van der Waals surface area contributed by atoms with Crippen molar-refractivity contribution in [3.8, 4) is 0 Å². The van der Waals surface area contributed by atoms with E-state index in [1.165, 1.54) is 19.6 Å². The Morgan fingerprint density at radius 2 is 0.905 bits per heavy atom. The summed E-state index contributed by atoms with van der Waals surface area (Å²) in [6, 6.07) is 0. The van der Waals surface area contributed by atoms with E-state index in [0.29, 0.717) is 57.8 Å². The number of rotatable bonds is 20. The van der Waals surface area contributed by atoms with E-state index in [9.17, 15) is 72.5 Å². The third-order valence-electron chi connectivity index (χ3n) is 17.1. The summed E-state index contributed by atoms with van der Waals surface area (Å²) in [5.41, 5.74) is -12.6. The van der Waals surface area contributed by atoms with Crippen LogP contribution < -0.4 is 0 Å². The van der Waals surface area contributed by atoms with Gasteiger partial charge in [0.05, 0.1) is 11.2 Å². The van der Waals surface area contributed by atoms with Crippen molar-refractivity contribution < 1.29 is 81.3 Å². The smallest absolute Gasteiger partial charge is 0.413 e. The van der Waals surface area contributed by atoms with Gasteiger partial charge in [-0.1, -0.05) is 52.7 Å². The second kappa shape index (κ2) is 22.8. The van der Waals surface area contributed by atoms with Gasteiger partial charge in [-0.25, -0.2) is 0 Å². The van der Waals surface area contributed by atoms with E-state index in [-0.39, 0.29) is 71.1 Å². The Balaban J connectivity index is 0.000000399. The number of aliphatic hydroxyl groups is 2. The van der Waals surface area contributed by atoms with E-state index in [1.54, 1.807) is 13.8 Å². The topological polar surface area (TPSA) is 93.1 Å². The molecule has 8 atom stereocenters. The van der Waals surface area contributed by atoms with Crippen molar-refractivity contribution in [3.63, 3.8) is 0 Å². The molecule has 2 N–H and O–H groups in total. The lowest BCUT2D eigenvalue weighted by atomic mass is 9.56.